The van der Waals surface area contributed by atoms with Crippen molar-refractivity contribution in [3.63, 3.8) is 0 Å². The molecule has 1 aliphatic heterocycles. The van der Waals surface area contributed by atoms with Crippen LogP contribution in [0.15, 0.2) is 47.5 Å². The molecule has 1 unspecified atom stereocenters. The summed E-state index contributed by atoms with van der Waals surface area (Å²) in [4.78, 5) is 5.64. The van der Waals surface area contributed by atoms with Crippen LogP contribution in [0.5, 0.6) is 5.88 Å². The van der Waals surface area contributed by atoms with Crippen molar-refractivity contribution < 1.29 is 4.74 Å². The standard InChI is InChI=1S/C16H18N2OS/c1-19-16-12(5-4-9-17-16)11-18-14-8-10-20-15-7-3-2-6-13(14)15/h2-7,9,14,18H,8,10-11H2,1H3. The van der Waals surface area contributed by atoms with Crippen LogP contribution in [-0.4, -0.2) is 17.8 Å². The van der Waals surface area contributed by atoms with Gasteiger partial charge in [0, 0.05) is 29.2 Å². The average Bonchev–Trinajstić information content (AvgIpc) is 2.53. The van der Waals surface area contributed by atoms with Gasteiger partial charge in [-0.3, -0.25) is 0 Å². The summed E-state index contributed by atoms with van der Waals surface area (Å²) < 4.78 is 5.30. The second-order valence-electron chi connectivity index (χ2n) is 4.78. The molecule has 0 radical (unpaired) electrons. The van der Waals surface area contributed by atoms with Crippen molar-refractivity contribution in [2.75, 3.05) is 12.9 Å². The van der Waals surface area contributed by atoms with Crippen molar-refractivity contribution in [1.29, 1.82) is 0 Å². The van der Waals surface area contributed by atoms with Crippen LogP contribution >= 0.6 is 11.8 Å². The van der Waals surface area contributed by atoms with Gasteiger partial charge in [0.05, 0.1) is 7.11 Å². The van der Waals surface area contributed by atoms with Crippen LogP contribution in [-0.2, 0) is 6.54 Å². The molecular formula is C16H18N2OS. The van der Waals surface area contributed by atoms with Gasteiger partial charge in [-0.1, -0.05) is 24.3 Å². The van der Waals surface area contributed by atoms with E-state index in [4.69, 9.17) is 4.74 Å². The number of hydrogen-bond acceptors (Lipinski definition) is 4. The smallest absolute Gasteiger partial charge is 0.217 e. The maximum absolute atomic E-state index is 5.30. The number of aromatic nitrogens is 1. The van der Waals surface area contributed by atoms with Crippen LogP contribution in [0.3, 0.4) is 0 Å². The molecule has 0 fully saturated rings. The number of methoxy groups -OCH3 is 1. The van der Waals surface area contributed by atoms with Gasteiger partial charge in [-0.25, -0.2) is 4.98 Å². The Kier molecular flexibility index (Phi) is 4.23. The van der Waals surface area contributed by atoms with Gasteiger partial charge in [0.1, 0.15) is 0 Å². The summed E-state index contributed by atoms with van der Waals surface area (Å²) in [5.41, 5.74) is 2.51. The number of fused-ring (bicyclic) bond motifs is 1. The van der Waals surface area contributed by atoms with Crippen molar-refractivity contribution in [3.05, 3.63) is 53.7 Å². The Balaban J connectivity index is 1.73. The summed E-state index contributed by atoms with van der Waals surface area (Å²) in [6.07, 6.45) is 2.92. The molecule has 1 N–H and O–H groups in total. The molecule has 1 atom stereocenters. The lowest BCUT2D eigenvalue weighted by Gasteiger charge is -2.26. The molecule has 1 aliphatic rings. The third-order valence-corrected chi connectivity index (χ3v) is 4.66. The highest BCUT2D eigenvalue weighted by Crippen LogP contribution is 2.36. The predicted octanol–water partition coefficient (Wildman–Crippen LogP) is 3.42. The predicted molar refractivity (Wildman–Crippen MR) is 82.2 cm³/mol. The van der Waals surface area contributed by atoms with E-state index in [1.807, 2.05) is 17.8 Å². The molecular weight excluding hydrogens is 268 g/mol. The van der Waals surface area contributed by atoms with E-state index in [9.17, 15) is 0 Å². The van der Waals surface area contributed by atoms with Crippen molar-refractivity contribution in [3.8, 4) is 5.88 Å². The lowest BCUT2D eigenvalue weighted by atomic mass is 10.0. The fraction of sp³-hybridized carbons (Fsp3) is 0.312. The van der Waals surface area contributed by atoms with Crippen molar-refractivity contribution >= 4 is 11.8 Å². The fourth-order valence-corrected chi connectivity index (χ4v) is 3.65. The van der Waals surface area contributed by atoms with Gasteiger partial charge in [-0.2, -0.15) is 0 Å². The van der Waals surface area contributed by atoms with Crippen LogP contribution in [0.4, 0.5) is 0 Å². The first kappa shape index (κ1) is 13.5. The summed E-state index contributed by atoms with van der Waals surface area (Å²) in [6.45, 7) is 0.778. The maximum atomic E-state index is 5.30. The molecule has 3 nitrogen and oxygen atoms in total. The Labute approximate surface area is 123 Å². The van der Waals surface area contributed by atoms with E-state index >= 15 is 0 Å². The summed E-state index contributed by atoms with van der Waals surface area (Å²) in [5.74, 6) is 1.87. The minimum atomic E-state index is 0.414. The summed E-state index contributed by atoms with van der Waals surface area (Å²) in [5, 5.41) is 3.64. The Bertz CT molecular complexity index is 588. The Hall–Kier alpha value is -1.52. The second kappa shape index (κ2) is 6.29. The molecule has 4 heteroatoms. The largest absolute Gasteiger partial charge is 0.481 e. The number of benzene rings is 1. The van der Waals surface area contributed by atoms with E-state index in [1.54, 1.807) is 13.3 Å². The van der Waals surface area contributed by atoms with Gasteiger partial charge in [0.25, 0.3) is 0 Å². The molecule has 3 rings (SSSR count). The Morgan fingerprint density at radius 3 is 3.10 bits per heavy atom. The molecule has 20 heavy (non-hydrogen) atoms. The van der Waals surface area contributed by atoms with Gasteiger partial charge in [-0.15, -0.1) is 11.8 Å². The number of thioether (sulfide) groups is 1. The summed E-state index contributed by atoms with van der Waals surface area (Å²) in [6, 6.07) is 13.1. The zero-order valence-electron chi connectivity index (χ0n) is 11.5. The third kappa shape index (κ3) is 2.81. The van der Waals surface area contributed by atoms with Crippen molar-refractivity contribution in [1.82, 2.24) is 10.3 Å². The number of nitrogens with one attached hydrogen (secondary N) is 1. The molecule has 0 saturated heterocycles. The molecule has 2 aromatic rings. The van der Waals surface area contributed by atoms with Crippen LogP contribution < -0.4 is 10.1 Å². The zero-order chi connectivity index (χ0) is 13.8. The van der Waals surface area contributed by atoms with E-state index in [1.165, 1.54) is 16.2 Å². The molecule has 0 spiro atoms. The molecule has 2 heterocycles. The van der Waals surface area contributed by atoms with E-state index in [0.717, 1.165) is 18.5 Å². The molecule has 1 aromatic carbocycles. The first-order chi connectivity index (χ1) is 9.88. The molecule has 0 amide bonds. The minimum Gasteiger partial charge on any atom is -0.481 e. The average molecular weight is 286 g/mol. The highest BCUT2D eigenvalue weighted by molar-refractivity contribution is 7.99. The lowest BCUT2D eigenvalue weighted by molar-refractivity contribution is 0.387. The van der Waals surface area contributed by atoms with E-state index in [-0.39, 0.29) is 0 Å². The monoisotopic (exact) mass is 286 g/mol. The van der Waals surface area contributed by atoms with Crippen molar-refractivity contribution in [2.45, 2.75) is 23.9 Å². The number of pyridine rings is 1. The fourth-order valence-electron chi connectivity index (χ4n) is 2.53. The molecule has 0 aliphatic carbocycles. The maximum Gasteiger partial charge on any atom is 0.217 e. The zero-order valence-corrected chi connectivity index (χ0v) is 12.3. The van der Waals surface area contributed by atoms with Crippen LogP contribution in [0, 0.1) is 0 Å². The Morgan fingerprint density at radius 2 is 2.20 bits per heavy atom. The SMILES string of the molecule is COc1ncccc1CNC1CCSc2ccccc21. The third-order valence-electron chi connectivity index (χ3n) is 3.54. The van der Waals surface area contributed by atoms with E-state index < -0.39 is 0 Å². The van der Waals surface area contributed by atoms with E-state index in [0.29, 0.717) is 11.9 Å². The number of hydrogen-bond donors (Lipinski definition) is 1. The van der Waals surface area contributed by atoms with Gasteiger partial charge >= 0.3 is 0 Å². The lowest BCUT2D eigenvalue weighted by Crippen LogP contribution is -2.24. The molecule has 1 aromatic heterocycles. The van der Waals surface area contributed by atoms with Crippen LogP contribution in [0.1, 0.15) is 23.6 Å². The highest BCUT2D eigenvalue weighted by Gasteiger charge is 2.20. The molecule has 0 saturated carbocycles. The quantitative estimate of drug-likeness (QED) is 0.934. The van der Waals surface area contributed by atoms with Crippen molar-refractivity contribution in [2.24, 2.45) is 0 Å². The molecule has 0 bridgehead atoms. The normalized spacial score (nSPS) is 17.6. The van der Waals surface area contributed by atoms with Gasteiger partial charge in [0.2, 0.25) is 5.88 Å². The topological polar surface area (TPSA) is 34.1 Å². The summed E-state index contributed by atoms with van der Waals surface area (Å²) in [7, 11) is 1.67. The van der Waals surface area contributed by atoms with Gasteiger partial charge in [-0.05, 0) is 29.9 Å². The van der Waals surface area contributed by atoms with Crippen LogP contribution in [0.2, 0.25) is 0 Å². The second-order valence-corrected chi connectivity index (χ2v) is 5.92. The first-order valence-electron chi connectivity index (χ1n) is 6.81. The highest BCUT2D eigenvalue weighted by atomic mass is 32.2. The number of rotatable bonds is 4. The van der Waals surface area contributed by atoms with Crippen LogP contribution in [0.25, 0.3) is 0 Å². The summed E-state index contributed by atoms with van der Waals surface area (Å²) >= 11 is 1.94. The molecule has 104 valence electrons. The van der Waals surface area contributed by atoms with Gasteiger partial charge in [0.15, 0.2) is 0 Å². The number of nitrogens with zero attached hydrogens (tertiary/aromatic N) is 1. The number of ether oxygens (including phenoxy) is 1. The van der Waals surface area contributed by atoms with Gasteiger partial charge < -0.3 is 10.1 Å². The van der Waals surface area contributed by atoms with E-state index in [2.05, 4.69) is 40.6 Å². The first-order valence-corrected chi connectivity index (χ1v) is 7.80. The Morgan fingerprint density at radius 1 is 1.30 bits per heavy atom. The minimum absolute atomic E-state index is 0.414.